The van der Waals surface area contributed by atoms with Crippen molar-refractivity contribution < 1.29 is 19.4 Å². The number of rotatable bonds is 6. The third kappa shape index (κ3) is 3.70. The first-order valence-electron chi connectivity index (χ1n) is 6.39. The number of carbonyl (C=O) groups is 2. The van der Waals surface area contributed by atoms with Crippen molar-refractivity contribution in [2.75, 3.05) is 13.7 Å². The van der Waals surface area contributed by atoms with Gasteiger partial charge < -0.3 is 19.7 Å². The normalized spacial score (nSPS) is 11.9. The Labute approximate surface area is 122 Å². The number of ether oxygens (including phenoxy) is 1. The maximum atomic E-state index is 11.9. The molecule has 110 valence electrons. The van der Waals surface area contributed by atoms with Crippen molar-refractivity contribution in [1.29, 1.82) is 0 Å². The van der Waals surface area contributed by atoms with Gasteiger partial charge in [0.2, 0.25) is 0 Å². The summed E-state index contributed by atoms with van der Waals surface area (Å²) < 4.78 is 6.67. The minimum Gasteiger partial charge on any atom is -0.479 e. The molecular weight excluding hydrogens is 272 g/mol. The predicted octanol–water partition coefficient (Wildman–Crippen LogP) is 1.31. The Morgan fingerprint density at radius 1 is 1.24 bits per heavy atom. The van der Waals surface area contributed by atoms with E-state index in [4.69, 9.17) is 9.84 Å². The van der Waals surface area contributed by atoms with Crippen molar-refractivity contribution in [1.82, 2.24) is 9.88 Å². The molecule has 1 aromatic carbocycles. The van der Waals surface area contributed by atoms with Crippen LogP contribution in [0.5, 0.6) is 0 Å². The van der Waals surface area contributed by atoms with E-state index in [1.54, 1.807) is 12.1 Å². The monoisotopic (exact) mass is 288 g/mol. The van der Waals surface area contributed by atoms with Gasteiger partial charge in [-0.15, -0.1) is 0 Å². The first-order chi connectivity index (χ1) is 10.1. The highest BCUT2D eigenvalue weighted by molar-refractivity contribution is 5.94. The van der Waals surface area contributed by atoms with Gasteiger partial charge in [-0.05, 0) is 36.4 Å². The van der Waals surface area contributed by atoms with Crippen molar-refractivity contribution in [3.63, 3.8) is 0 Å². The van der Waals surface area contributed by atoms with Crippen LogP contribution in [0.25, 0.3) is 5.69 Å². The molecule has 0 aliphatic rings. The fraction of sp³-hybridized carbons (Fsp3) is 0.200. The van der Waals surface area contributed by atoms with Crippen LogP contribution in [-0.4, -0.2) is 41.3 Å². The molecule has 21 heavy (non-hydrogen) atoms. The molecule has 0 aliphatic carbocycles. The molecule has 2 N–H and O–H groups in total. The molecule has 6 heteroatoms. The van der Waals surface area contributed by atoms with E-state index in [2.05, 4.69) is 5.32 Å². The van der Waals surface area contributed by atoms with Crippen LogP contribution in [0.15, 0.2) is 48.8 Å². The highest BCUT2D eigenvalue weighted by Gasteiger charge is 2.17. The van der Waals surface area contributed by atoms with E-state index in [1.807, 2.05) is 41.2 Å². The summed E-state index contributed by atoms with van der Waals surface area (Å²) in [6, 6.07) is 10.8. The molecule has 1 atom stereocenters. The molecule has 1 amide bonds. The van der Waals surface area contributed by atoms with E-state index < -0.39 is 12.1 Å². The molecule has 2 rings (SSSR count). The Morgan fingerprint density at radius 2 is 1.86 bits per heavy atom. The highest BCUT2D eigenvalue weighted by Crippen LogP contribution is 2.10. The second-order valence-corrected chi connectivity index (χ2v) is 4.41. The Morgan fingerprint density at radius 3 is 2.38 bits per heavy atom. The van der Waals surface area contributed by atoms with Gasteiger partial charge in [0.15, 0.2) is 6.10 Å². The molecule has 0 saturated heterocycles. The Balaban J connectivity index is 1.98. The lowest BCUT2D eigenvalue weighted by molar-refractivity contribution is -0.148. The molecule has 1 unspecified atom stereocenters. The number of amides is 1. The van der Waals surface area contributed by atoms with Crippen molar-refractivity contribution in [3.05, 3.63) is 54.4 Å². The molecule has 0 radical (unpaired) electrons. The molecule has 0 aliphatic heterocycles. The van der Waals surface area contributed by atoms with Crippen molar-refractivity contribution in [3.8, 4) is 5.69 Å². The number of hydrogen-bond acceptors (Lipinski definition) is 3. The molecule has 0 saturated carbocycles. The fourth-order valence-corrected chi connectivity index (χ4v) is 1.85. The molecule has 0 spiro atoms. The zero-order valence-electron chi connectivity index (χ0n) is 11.5. The lowest BCUT2D eigenvalue weighted by Gasteiger charge is -2.11. The summed E-state index contributed by atoms with van der Waals surface area (Å²) in [5.41, 5.74) is 1.41. The maximum absolute atomic E-state index is 11.9. The topological polar surface area (TPSA) is 80.6 Å². The van der Waals surface area contributed by atoms with Gasteiger partial charge in [-0.3, -0.25) is 4.79 Å². The van der Waals surface area contributed by atoms with Gasteiger partial charge in [-0.1, -0.05) is 0 Å². The lowest BCUT2D eigenvalue weighted by atomic mass is 10.2. The van der Waals surface area contributed by atoms with Gasteiger partial charge in [0.1, 0.15) is 0 Å². The van der Waals surface area contributed by atoms with E-state index in [0.29, 0.717) is 5.56 Å². The summed E-state index contributed by atoms with van der Waals surface area (Å²) in [7, 11) is 1.29. The summed E-state index contributed by atoms with van der Waals surface area (Å²) in [4.78, 5) is 22.7. The molecule has 0 fully saturated rings. The van der Waals surface area contributed by atoms with E-state index in [-0.39, 0.29) is 12.5 Å². The predicted molar refractivity (Wildman–Crippen MR) is 76.5 cm³/mol. The fourth-order valence-electron chi connectivity index (χ4n) is 1.85. The van der Waals surface area contributed by atoms with Crippen molar-refractivity contribution in [2.24, 2.45) is 0 Å². The van der Waals surface area contributed by atoms with Gasteiger partial charge in [0, 0.05) is 30.8 Å². The van der Waals surface area contributed by atoms with Crippen molar-refractivity contribution >= 4 is 11.9 Å². The number of nitrogens with one attached hydrogen (secondary N) is 1. The van der Waals surface area contributed by atoms with Crippen molar-refractivity contribution in [2.45, 2.75) is 6.10 Å². The number of benzene rings is 1. The summed E-state index contributed by atoms with van der Waals surface area (Å²) >= 11 is 0. The molecule has 6 nitrogen and oxygen atoms in total. The number of aliphatic carboxylic acids is 1. The molecule has 1 heterocycles. The molecular formula is C15H16N2O4. The number of carboxylic acids is 1. The highest BCUT2D eigenvalue weighted by atomic mass is 16.5. The third-order valence-electron chi connectivity index (χ3n) is 3.04. The van der Waals surface area contributed by atoms with E-state index >= 15 is 0 Å². The Kier molecular flexibility index (Phi) is 4.73. The van der Waals surface area contributed by atoms with Gasteiger partial charge >= 0.3 is 5.97 Å². The molecule has 2 aromatic rings. The van der Waals surface area contributed by atoms with E-state index in [0.717, 1.165) is 5.69 Å². The summed E-state index contributed by atoms with van der Waals surface area (Å²) in [6.45, 7) is -0.0793. The number of hydrogen-bond donors (Lipinski definition) is 2. The smallest absolute Gasteiger partial charge is 0.334 e. The number of carboxylic acid groups (broad SMARTS) is 1. The van der Waals surface area contributed by atoms with Crippen LogP contribution < -0.4 is 5.32 Å². The average molecular weight is 288 g/mol. The van der Waals surface area contributed by atoms with E-state index in [9.17, 15) is 9.59 Å². The number of nitrogens with zero attached hydrogens (tertiary/aromatic N) is 1. The number of methoxy groups -OCH3 is 1. The summed E-state index contributed by atoms with van der Waals surface area (Å²) in [6.07, 6.45) is 2.77. The minimum atomic E-state index is -1.11. The second-order valence-electron chi connectivity index (χ2n) is 4.41. The van der Waals surface area contributed by atoms with Crippen LogP contribution in [0.3, 0.4) is 0 Å². The molecule has 0 bridgehead atoms. The van der Waals surface area contributed by atoms with E-state index in [1.165, 1.54) is 7.11 Å². The van der Waals surface area contributed by atoms with Crippen LogP contribution in [0.2, 0.25) is 0 Å². The van der Waals surface area contributed by atoms with Crippen LogP contribution in [0, 0.1) is 0 Å². The first-order valence-corrected chi connectivity index (χ1v) is 6.39. The first kappa shape index (κ1) is 14.8. The van der Waals surface area contributed by atoms with Gasteiger partial charge in [-0.25, -0.2) is 4.79 Å². The largest absolute Gasteiger partial charge is 0.479 e. The van der Waals surface area contributed by atoms with Gasteiger partial charge in [0.25, 0.3) is 5.91 Å². The minimum absolute atomic E-state index is 0.0793. The van der Waals surface area contributed by atoms with Crippen LogP contribution in [0.4, 0.5) is 0 Å². The number of aromatic nitrogens is 1. The van der Waals surface area contributed by atoms with Crippen LogP contribution in [-0.2, 0) is 9.53 Å². The summed E-state index contributed by atoms with van der Waals surface area (Å²) in [5.74, 6) is -1.45. The van der Waals surface area contributed by atoms with Crippen LogP contribution in [0.1, 0.15) is 10.4 Å². The van der Waals surface area contributed by atoms with Crippen LogP contribution >= 0.6 is 0 Å². The molecule has 1 aromatic heterocycles. The quantitative estimate of drug-likeness (QED) is 0.839. The van der Waals surface area contributed by atoms with Gasteiger partial charge in [-0.2, -0.15) is 0 Å². The zero-order chi connectivity index (χ0) is 15.2. The standard InChI is InChI=1S/C15H16N2O4/c1-21-13(15(19)20)10-16-14(18)11-4-6-12(7-5-11)17-8-2-3-9-17/h2-9,13H,10H2,1H3,(H,16,18)(H,19,20). The number of carbonyl (C=O) groups excluding carboxylic acids is 1. The third-order valence-corrected chi connectivity index (χ3v) is 3.04. The maximum Gasteiger partial charge on any atom is 0.334 e. The van der Waals surface area contributed by atoms with Gasteiger partial charge in [0.05, 0.1) is 6.54 Å². The Bertz CT molecular complexity index is 605. The average Bonchev–Trinajstić information content (AvgIpc) is 3.01. The zero-order valence-corrected chi connectivity index (χ0v) is 11.5. The lowest BCUT2D eigenvalue weighted by Crippen LogP contribution is -2.37. The Hall–Kier alpha value is -2.60. The summed E-state index contributed by atoms with van der Waals surface area (Å²) in [5, 5.41) is 11.4. The SMILES string of the molecule is COC(CNC(=O)c1ccc(-n2cccc2)cc1)C(=O)O. The second kappa shape index (κ2) is 6.71.